The van der Waals surface area contributed by atoms with Gasteiger partial charge in [0, 0.05) is 33.1 Å². The standard InChI is InChI=1S/C31H37N3O6/c1-21(36)34-27-9-8-24(22-10-13-32(14-11-22)30(37)20-40-15-12-31(38)39)16-28(27)33(18-29(34)23-6-7-23)17-25-4-2-3-5-26(25)19-35/h2-5,8-10,16,23,29,35H,6-7,11-15,17-20H2,1H3,(H,38,39)/t29-/m1/s1. The lowest BCUT2D eigenvalue weighted by Crippen LogP contribution is -2.52. The Kier molecular flexibility index (Phi) is 8.52. The minimum atomic E-state index is -0.950. The quantitative estimate of drug-likeness (QED) is 0.439. The molecule has 0 unspecified atom stereocenters. The predicted molar refractivity (Wildman–Crippen MR) is 152 cm³/mol. The molecule has 2 aromatic carbocycles. The first-order valence-corrected chi connectivity index (χ1v) is 14.0. The molecule has 3 aliphatic rings. The molecular formula is C31H37N3O6. The van der Waals surface area contributed by atoms with Crippen LogP contribution in [0.25, 0.3) is 5.57 Å². The third kappa shape index (κ3) is 6.21. The first-order chi connectivity index (χ1) is 19.4. The average Bonchev–Trinajstić information content (AvgIpc) is 3.80. The Balaban J connectivity index is 1.38. The lowest BCUT2D eigenvalue weighted by Gasteiger charge is -2.44. The number of carbonyl (C=O) groups excluding carboxylic acids is 2. The summed E-state index contributed by atoms with van der Waals surface area (Å²) in [6, 6.07) is 14.4. The van der Waals surface area contributed by atoms with Gasteiger partial charge in [0.05, 0.1) is 37.1 Å². The van der Waals surface area contributed by atoms with Crippen molar-refractivity contribution in [1.82, 2.24) is 4.90 Å². The molecule has 2 N–H and O–H groups in total. The number of fused-ring (bicyclic) bond motifs is 1. The number of rotatable bonds is 10. The SMILES string of the molecule is CC(=O)N1c2ccc(C3=CCN(C(=O)COCCC(=O)O)CC3)cc2N(Cc2ccccc2CO)C[C@@H]1C1CC1. The van der Waals surface area contributed by atoms with E-state index in [1.54, 1.807) is 11.8 Å². The molecule has 0 saturated heterocycles. The fourth-order valence-electron chi connectivity index (χ4n) is 5.80. The molecule has 9 nitrogen and oxygen atoms in total. The molecule has 212 valence electrons. The molecule has 0 radical (unpaired) electrons. The largest absolute Gasteiger partial charge is 0.481 e. The van der Waals surface area contributed by atoms with Crippen LogP contribution in [0.4, 0.5) is 11.4 Å². The number of amides is 2. The molecule has 2 amide bonds. The summed E-state index contributed by atoms with van der Waals surface area (Å²) in [7, 11) is 0. The summed E-state index contributed by atoms with van der Waals surface area (Å²) in [6.45, 7) is 3.92. The topological polar surface area (TPSA) is 111 Å². The molecule has 0 aromatic heterocycles. The number of carboxylic acid groups (broad SMARTS) is 1. The zero-order valence-electron chi connectivity index (χ0n) is 22.9. The van der Waals surface area contributed by atoms with Gasteiger partial charge >= 0.3 is 5.97 Å². The van der Waals surface area contributed by atoms with E-state index in [9.17, 15) is 19.5 Å². The van der Waals surface area contributed by atoms with Crippen molar-refractivity contribution in [1.29, 1.82) is 0 Å². The molecule has 1 aliphatic carbocycles. The molecule has 2 aromatic rings. The van der Waals surface area contributed by atoms with Crippen molar-refractivity contribution in [3.05, 3.63) is 65.2 Å². The first-order valence-electron chi connectivity index (χ1n) is 14.0. The smallest absolute Gasteiger partial charge is 0.305 e. The van der Waals surface area contributed by atoms with Crippen LogP contribution in [-0.4, -0.2) is 71.8 Å². The molecule has 5 rings (SSSR count). The molecule has 2 aliphatic heterocycles. The van der Waals surface area contributed by atoms with Gasteiger partial charge < -0.3 is 29.6 Å². The summed E-state index contributed by atoms with van der Waals surface area (Å²) in [6.07, 6.45) is 4.89. The Labute approximate surface area is 234 Å². The summed E-state index contributed by atoms with van der Waals surface area (Å²) in [5.41, 5.74) is 6.12. The molecule has 0 spiro atoms. The maximum absolute atomic E-state index is 12.9. The van der Waals surface area contributed by atoms with Gasteiger partial charge in [0.2, 0.25) is 11.8 Å². The van der Waals surface area contributed by atoms with Crippen LogP contribution < -0.4 is 9.80 Å². The van der Waals surface area contributed by atoms with E-state index in [4.69, 9.17) is 9.84 Å². The number of carbonyl (C=O) groups is 3. The van der Waals surface area contributed by atoms with E-state index >= 15 is 0 Å². The lowest BCUT2D eigenvalue weighted by molar-refractivity contribution is -0.141. The summed E-state index contributed by atoms with van der Waals surface area (Å²) < 4.78 is 5.22. The van der Waals surface area contributed by atoms with Crippen LogP contribution in [0.3, 0.4) is 0 Å². The van der Waals surface area contributed by atoms with Gasteiger partial charge in [-0.05, 0) is 59.6 Å². The highest BCUT2D eigenvalue weighted by molar-refractivity contribution is 5.98. The molecule has 40 heavy (non-hydrogen) atoms. The number of hydrogen-bond acceptors (Lipinski definition) is 6. The third-order valence-corrected chi connectivity index (χ3v) is 8.09. The molecular weight excluding hydrogens is 510 g/mol. The number of benzene rings is 2. The summed E-state index contributed by atoms with van der Waals surface area (Å²) in [4.78, 5) is 42.0. The second-order valence-corrected chi connectivity index (χ2v) is 10.8. The Morgan fingerprint density at radius 2 is 1.82 bits per heavy atom. The van der Waals surface area contributed by atoms with Crippen molar-refractivity contribution in [3.63, 3.8) is 0 Å². The highest BCUT2D eigenvalue weighted by Crippen LogP contribution is 2.45. The normalized spacial score (nSPS) is 18.8. The van der Waals surface area contributed by atoms with E-state index in [1.807, 2.05) is 23.1 Å². The monoisotopic (exact) mass is 547 g/mol. The number of carboxylic acids is 1. The highest BCUT2D eigenvalue weighted by atomic mass is 16.5. The summed E-state index contributed by atoms with van der Waals surface area (Å²) >= 11 is 0. The number of aliphatic hydroxyl groups is 1. The zero-order chi connectivity index (χ0) is 28.2. The van der Waals surface area contributed by atoms with E-state index in [0.717, 1.165) is 53.0 Å². The Hall–Kier alpha value is -3.69. The molecule has 0 bridgehead atoms. The molecule has 1 saturated carbocycles. The van der Waals surface area contributed by atoms with Gasteiger partial charge in [0.15, 0.2) is 0 Å². The highest BCUT2D eigenvalue weighted by Gasteiger charge is 2.42. The molecule has 9 heteroatoms. The fraction of sp³-hybridized carbons (Fsp3) is 0.452. The van der Waals surface area contributed by atoms with Gasteiger partial charge in [-0.1, -0.05) is 36.4 Å². The summed E-state index contributed by atoms with van der Waals surface area (Å²) in [5.74, 6) is -0.542. The number of anilines is 2. The maximum atomic E-state index is 12.9. The van der Waals surface area contributed by atoms with Gasteiger partial charge in [-0.2, -0.15) is 0 Å². The van der Waals surface area contributed by atoms with Crippen LogP contribution in [0.15, 0.2) is 48.5 Å². The van der Waals surface area contributed by atoms with Gasteiger partial charge in [0.1, 0.15) is 6.61 Å². The molecule has 1 fully saturated rings. The van der Waals surface area contributed by atoms with Gasteiger partial charge in [-0.3, -0.25) is 14.4 Å². The third-order valence-electron chi connectivity index (χ3n) is 8.09. The van der Waals surface area contributed by atoms with Crippen LogP contribution in [0.1, 0.15) is 49.3 Å². The number of ether oxygens (including phenoxy) is 1. The van der Waals surface area contributed by atoms with Crippen LogP contribution in [0.5, 0.6) is 0 Å². The molecule has 2 heterocycles. The Bertz CT molecular complexity index is 1300. The predicted octanol–water partition coefficient (Wildman–Crippen LogP) is 3.44. The number of hydrogen-bond donors (Lipinski definition) is 2. The van der Waals surface area contributed by atoms with E-state index in [1.165, 1.54) is 0 Å². The lowest BCUT2D eigenvalue weighted by atomic mass is 9.95. The van der Waals surface area contributed by atoms with Crippen molar-refractivity contribution < 1.29 is 29.3 Å². The van der Waals surface area contributed by atoms with E-state index in [0.29, 0.717) is 32.0 Å². The maximum Gasteiger partial charge on any atom is 0.305 e. The van der Waals surface area contributed by atoms with Crippen LogP contribution >= 0.6 is 0 Å². The Morgan fingerprint density at radius 1 is 1.05 bits per heavy atom. The average molecular weight is 548 g/mol. The van der Waals surface area contributed by atoms with Gasteiger partial charge in [0.25, 0.3) is 0 Å². The Morgan fingerprint density at radius 3 is 2.48 bits per heavy atom. The second kappa shape index (κ2) is 12.2. The molecule has 1 atom stereocenters. The van der Waals surface area contributed by atoms with Crippen molar-refractivity contribution >= 4 is 34.7 Å². The summed E-state index contributed by atoms with van der Waals surface area (Å²) in [5, 5.41) is 18.6. The van der Waals surface area contributed by atoms with Crippen LogP contribution in [0, 0.1) is 5.92 Å². The van der Waals surface area contributed by atoms with Crippen molar-refractivity contribution in [2.45, 2.75) is 51.8 Å². The minimum absolute atomic E-state index is 0.0172. The van der Waals surface area contributed by atoms with Crippen LogP contribution in [-0.2, 0) is 32.3 Å². The number of nitrogens with zero attached hydrogens (tertiary/aromatic N) is 3. The minimum Gasteiger partial charge on any atom is -0.481 e. The van der Waals surface area contributed by atoms with Gasteiger partial charge in [-0.15, -0.1) is 0 Å². The second-order valence-electron chi connectivity index (χ2n) is 10.8. The van der Waals surface area contributed by atoms with Crippen LogP contribution in [0.2, 0.25) is 0 Å². The zero-order valence-corrected chi connectivity index (χ0v) is 22.9. The van der Waals surface area contributed by atoms with Crippen molar-refractivity contribution in [2.75, 3.05) is 42.6 Å². The van der Waals surface area contributed by atoms with Crippen molar-refractivity contribution in [2.24, 2.45) is 5.92 Å². The van der Waals surface area contributed by atoms with Crippen molar-refractivity contribution in [3.8, 4) is 0 Å². The number of aliphatic carboxylic acids is 1. The van der Waals surface area contributed by atoms with Gasteiger partial charge in [-0.25, -0.2) is 0 Å². The fourth-order valence-corrected chi connectivity index (χ4v) is 5.80. The first kappa shape index (κ1) is 27.9. The number of aliphatic hydroxyl groups excluding tert-OH is 1. The van der Waals surface area contributed by atoms with E-state index < -0.39 is 5.97 Å². The van der Waals surface area contributed by atoms with E-state index in [2.05, 4.69) is 35.2 Å². The van der Waals surface area contributed by atoms with E-state index in [-0.39, 0.29) is 44.1 Å².